The smallest absolute Gasteiger partial charge is 0.0168 e. The van der Waals surface area contributed by atoms with Crippen molar-refractivity contribution in [1.29, 1.82) is 0 Å². The Morgan fingerprint density at radius 2 is 2.13 bits per heavy atom. The van der Waals surface area contributed by atoms with E-state index in [2.05, 4.69) is 36.4 Å². The standard InChI is InChI=1S/C13H18N2/c14-9-13(15)8-10-5-6-11-3-1-2-4-12(11)7-10/h1-6,10,13H,7-9,14-15H2. The molecule has 0 bridgehead atoms. The van der Waals surface area contributed by atoms with Gasteiger partial charge in [0.25, 0.3) is 0 Å². The zero-order valence-corrected chi connectivity index (χ0v) is 8.89. The average Bonchev–Trinajstić information content (AvgIpc) is 2.29. The molecule has 1 aliphatic rings. The van der Waals surface area contributed by atoms with Crippen LogP contribution >= 0.6 is 0 Å². The molecule has 2 rings (SSSR count). The minimum absolute atomic E-state index is 0.130. The molecule has 80 valence electrons. The Balaban J connectivity index is 2.06. The molecule has 1 aromatic rings. The third kappa shape index (κ3) is 2.46. The minimum Gasteiger partial charge on any atom is -0.329 e. The zero-order valence-electron chi connectivity index (χ0n) is 8.89. The molecule has 0 radical (unpaired) electrons. The monoisotopic (exact) mass is 202 g/mol. The van der Waals surface area contributed by atoms with Gasteiger partial charge in [-0.3, -0.25) is 0 Å². The van der Waals surface area contributed by atoms with Gasteiger partial charge in [0, 0.05) is 12.6 Å². The lowest BCUT2D eigenvalue weighted by atomic mass is 9.86. The second kappa shape index (κ2) is 4.60. The van der Waals surface area contributed by atoms with Crippen LogP contribution in [0.25, 0.3) is 6.08 Å². The Morgan fingerprint density at radius 3 is 2.93 bits per heavy atom. The van der Waals surface area contributed by atoms with E-state index in [0.717, 1.165) is 12.8 Å². The molecule has 0 amide bonds. The van der Waals surface area contributed by atoms with E-state index in [0.29, 0.717) is 12.5 Å². The number of fused-ring (bicyclic) bond motifs is 1. The lowest BCUT2D eigenvalue weighted by Gasteiger charge is -2.21. The van der Waals surface area contributed by atoms with Crippen LogP contribution in [-0.2, 0) is 6.42 Å². The van der Waals surface area contributed by atoms with Crippen LogP contribution in [0.4, 0.5) is 0 Å². The van der Waals surface area contributed by atoms with Crippen LogP contribution < -0.4 is 11.5 Å². The van der Waals surface area contributed by atoms with Crippen molar-refractivity contribution in [3.8, 4) is 0 Å². The highest BCUT2D eigenvalue weighted by Crippen LogP contribution is 2.24. The maximum absolute atomic E-state index is 5.86. The van der Waals surface area contributed by atoms with Gasteiger partial charge in [-0.25, -0.2) is 0 Å². The van der Waals surface area contributed by atoms with E-state index < -0.39 is 0 Å². The van der Waals surface area contributed by atoms with Gasteiger partial charge in [-0.15, -0.1) is 0 Å². The van der Waals surface area contributed by atoms with Gasteiger partial charge in [0.05, 0.1) is 0 Å². The number of hydrogen-bond donors (Lipinski definition) is 2. The molecule has 1 aliphatic carbocycles. The van der Waals surface area contributed by atoms with Crippen molar-refractivity contribution in [3.05, 3.63) is 41.5 Å². The fourth-order valence-corrected chi connectivity index (χ4v) is 2.12. The molecule has 0 heterocycles. The third-order valence-electron chi connectivity index (χ3n) is 2.99. The zero-order chi connectivity index (χ0) is 10.7. The number of hydrogen-bond acceptors (Lipinski definition) is 2. The summed E-state index contributed by atoms with van der Waals surface area (Å²) in [6.07, 6.45) is 6.55. The molecule has 15 heavy (non-hydrogen) atoms. The van der Waals surface area contributed by atoms with Gasteiger partial charge >= 0.3 is 0 Å². The molecule has 4 N–H and O–H groups in total. The van der Waals surface area contributed by atoms with E-state index in [9.17, 15) is 0 Å². The van der Waals surface area contributed by atoms with Gasteiger partial charge in [0.15, 0.2) is 0 Å². The quantitative estimate of drug-likeness (QED) is 0.781. The van der Waals surface area contributed by atoms with Crippen molar-refractivity contribution < 1.29 is 0 Å². The Hall–Kier alpha value is -1.12. The fourth-order valence-electron chi connectivity index (χ4n) is 2.12. The molecule has 0 saturated heterocycles. The third-order valence-corrected chi connectivity index (χ3v) is 2.99. The first-order valence-corrected chi connectivity index (χ1v) is 5.51. The van der Waals surface area contributed by atoms with Crippen LogP contribution in [0.5, 0.6) is 0 Å². The lowest BCUT2D eigenvalue weighted by Crippen LogP contribution is -2.32. The van der Waals surface area contributed by atoms with E-state index in [1.165, 1.54) is 11.1 Å². The van der Waals surface area contributed by atoms with Crippen molar-refractivity contribution >= 4 is 6.08 Å². The molecular formula is C13H18N2. The Labute approximate surface area is 91.0 Å². The second-order valence-corrected chi connectivity index (χ2v) is 4.25. The maximum atomic E-state index is 5.86. The van der Waals surface area contributed by atoms with E-state index in [1.54, 1.807) is 0 Å². The number of rotatable bonds is 3. The van der Waals surface area contributed by atoms with Crippen molar-refractivity contribution in [2.45, 2.75) is 18.9 Å². The highest BCUT2D eigenvalue weighted by Gasteiger charge is 2.15. The van der Waals surface area contributed by atoms with Gasteiger partial charge in [-0.2, -0.15) is 0 Å². The van der Waals surface area contributed by atoms with Crippen molar-refractivity contribution in [2.75, 3.05) is 6.54 Å². The van der Waals surface area contributed by atoms with Crippen LogP contribution in [0, 0.1) is 5.92 Å². The molecule has 0 aromatic heterocycles. The van der Waals surface area contributed by atoms with Crippen molar-refractivity contribution in [1.82, 2.24) is 0 Å². The number of allylic oxidation sites excluding steroid dienone is 1. The summed E-state index contributed by atoms with van der Waals surface area (Å²) in [6, 6.07) is 8.66. The van der Waals surface area contributed by atoms with Crippen LogP contribution in [-0.4, -0.2) is 12.6 Å². The minimum atomic E-state index is 0.130. The maximum Gasteiger partial charge on any atom is 0.0168 e. The van der Waals surface area contributed by atoms with Gasteiger partial charge in [-0.05, 0) is 29.9 Å². The summed E-state index contributed by atoms with van der Waals surface area (Å²) in [7, 11) is 0. The number of nitrogens with two attached hydrogens (primary N) is 2. The fraction of sp³-hybridized carbons (Fsp3) is 0.385. The molecule has 2 nitrogen and oxygen atoms in total. The lowest BCUT2D eigenvalue weighted by molar-refractivity contribution is 0.503. The summed E-state index contributed by atoms with van der Waals surface area (Å²) in [5, 5.41) is 0. The van der Waals surface area contributed by atoms with E-state index >= 15 is 0 Å². The first-order chi connectivity index (χ1) is 7.29. The summed E-state index contributed by atoms with van der Waals surface area (Å²) in [5.74, 6) is 0.554. The summed E-state index contributed by atoms with van der Waals surface area (Å²) in [5.41, 5.74) is 14.2. The van der Waals surface area contributed by atoms with Gasteiger partial charge in [0.2, 0.25) is 0 Å². The van der Waals surface area contributed by atoms with E-state index in [-0.39, 0.29) is 6.04 Å². The topological polar surface area (TPSA) is 52.0 Å². The first kappa shape index (κ1) is 10.4. The van der Waals surface area contributed by atoms with Crippen LogP contribution in [0.1, 0.15) is 17.5 Å². The molecule has 1 aromatic carbocycles. The molecule has 0 aliphatic heterocycles. The predicted molar refractivity (Wildman–Crippen MR) is 64.3 cm³/mol. The summed E-state index contributed by atoms with van der Waals surface area (Å²) in [4.78, 5) is 0. The molecule has 2 atom stereocenters. The SMILES string of the molecule is NCC(N)CC1C=Cc2ccccc2C1. The molecule has 2 unspecified atom stereocenters. The number of benzene rings is 1. The predicted octanol–water partition coefficient (Wildman–Crippen LogP) is 1.55. The van der Waals surface area contributed by atoms with E-state index in [1.807, 2.05) is 0 Å². The van der Waals surface area contributed by atoms with Crippen molar-refractivity contribution in [2.24, 2.45) is 17.4 Å². The highest BCUT2D eigenvalue weighted by atomic mass is 14.7. The van der Waals surface area contributed by atoms with Crippen LogP contribution in [0.3, 0.4) is 0 Å². The molecule has 0 spiro atoms. The summed E-state index contributed by atoms with van der Waals surface area (Å²) in [6.45, 7) is 0.575. The summed E-state index contributed by atoms with van der Waals surface area (Å²) < 4.78 is 0. The highest BCUT2D eigenvalue weighted by molar-refractivity contribution is 5.56. The van der Waals surface area contributed by atoms with Crippen LogP contribution in [0.15, 0.2) is 30.3 Å². The molecule has 0 fully saturated rings. The van der Waals surface area contributed by atoms with Gasteiger partial charge in [-0.1, -0.05) is 36.4 Å². The summed E-state index contributed by atoms with van der Waals surface area (Å²) >= 11 is 0. The van der Waals surface area contributed by atoms with Crippen molar-refractivity contribution in [3.63, 3.8) is 0 Å². The van der Waals surface area contributed by atoms with E-state index in [4.69, 9.17) is 11.5 Å². The van der Waals surface area contributed by atoms with Crippen LogP contribution in [0.2, 0.25) is 0 Å². The molecule has 0 saturated carbocycles. The Bertz CT molecular complexity index is 357. The Kier molecular flexibility index (Phi) is 3.19. The second-order valence-electron chi connectivity index (χ2n) is 4.25. The average molecular weight is 202 g/mol. The normalized spacial score (nSPS) is 21.1. The molecular weight excluding hydrogens is 184 g/mol. The largest absolute Gasteiger partial charge is 0.329 e. The van der Waals surface area contributed by atoms with Gasteiger partial charge in [0.1, 0.15) is 0 Å². The molecule has 2 heteroatoms. The van der Waals surface area contributed by atoms with Gasteiger partial charge < -0.3 is 11.5 Å². The Morgan fingerprint density at radius 1 is 1.33 bits per heavy atom. The first-order valence-electron chi connectivity index (χ1n) is 5.51.